The first-order valence-corrected chi connectivity index (χ1v) is 12.4. The number of methoxy groups -OCH3 is 1. The van der Waals surface area contributed by atoms with Crippen LogP contribution in [-0.2, 0) is 0 Å². The molecule has 6 rings (SSSR count). The molecule has 0 unspecified atom stereocenters. The summed E-state index contributed by atoms with van der Waals surface area (Å²) in [6, 6.07) is 27.0. The van der Waals surface area contributed by atoms with E-state index in [4.69, 9.17) is 9.84 Å². The van der Waals surface area contributed by atoms with Crippen LogP contribution in [0.15, 0.2) is 89.7 Å². The second-order valence-corrected chi connectivity index (χ2v) is 9.23. The average Bonchev–Trinajstić information content (AvgIpc) is 3.54. The Balaban J connectivity index is 1.29. The van der Waals surface area contributed by atoms with E-state index in [9.17, 15) is 9.59 Å². The first kappa shape index (κ1) is 22.8. The highest BCUT2D eigenvalue weighted by Gasteiger charge is 2.29. The minimum Gasteiger partial charge on any atom is -0.497 e. The molecule has 1 aliphatic heterocycles. The molecule has 37 heavy (non-hydrogen) atoms. The highest BCUT2D eigenvalue weighted by molar-refractivity contribution is 5.94. The number of carbonyl (C=O) groups excluding carboxylic acids is 1. The predicted octanol–water partition coefficient (Wildman–Crippen LogP) is 4.67. The van der Waals surface area contributed by atoms with Crippen molar-refractivity contribution in [2.24, 2.45) is 0 Å². The summed E-state index contributed by atoms with van der Waals surface area (Å²) in [6.45, 7) is 1.12. The third kappa shape index (κ3) is 4.20. The number of hydrogen-bond acceptors (Lipinski definition) is 4. The number of piperidine rings is 1. The van der Waals surface area contributed by atoms with Crippen LogP contribution in [0.1, 0.15) is 29.4 Å². The lowest BCUT2D eigenvalue weighted by Crippen LogP contribution is -2.41. The fourth-order valence-electron chi connectivity index (χ4n) is 5.15. The minimum atomic E-state index is -0.101. The fraction of sp³-hybridized carbons (Fsp3) is 0.207. The van der Waals surface area contributed by atoms with Crippen molar-refractivity contribution in [1.82, 2.24) is 24.2 Å². The molecule has 8 nitrogen and oxygen atoms in total. The summed E-state index contributed by atoms with van der Waals surface area (Å²) in [6.07, 6.45) is 1.41. The molecule has 1 aliphatic rings. The van der Waals surface area contributed by atoms with Crippen LogP contribution in [0, 0.1) is 0 Å². The summed E-state index contributed by atoms with van der Waals surface area (Å²) in [4.78, 5) is 31.3. The van der Waals surface area contributed by atoms with E-state index in [1.54, 1.807) is 11.8 Å². The summed E-state index contributed by atoms with van der Waals surface area (Å²) in [5.74, 6) is 0.657. The van der Waals surface area contributed by atoms with Crippen LogP contribution in [-0.4, -0.2) is 50.3 Å². The van der Waals surface area contributed by atoms with Crippen molar-refractivity contribution in [2.45, 2.75) is 18.9 Å². The maximum atomic E-state index is 13.8. The zero-order valence-corrected chi connectivity index (χ0v) is 20.5. The monoisotopic (exact) mass is 493 g/mol. The molecule has 0 radical (unpaired) electrons. The van der Waals surface area contributed by atoms with E-state index >= 15 is 0 Å². The summed E-state index contributed by atoms with van der Waals surface area (Å²) in [5, 5.41) is 4.81. The lowest BCUT2D eigenvalue weighted by molar-refractivity contribution is 0.0685. The number of amides is 1. The fourth-order valence-corrected chi connectivity index (χ4v) is 5.15. The molecule has 8 heteroatoms. The summed E-state index contributed by atoms with van der Waals surface area (Å²) < 4.78 is 8.94. The quantitative estimate of drug-likeness (QED) is 0.386. The van der Waals surface area contributed by atoms with Crippen LogP contribution in [0.4, 0.5) is 0 Å². The number of rotatable bonds is 5. The largest absolute Gasteiger partial charge is 0.497 e. The Morgan fingerprint density at radius 3 is 2.49 bits per heavy atom. The number of nitrogens with zero attached hydrogens (tertiary/aromatic N) is 4. The molecule has 0 aliphatic carbocycles. The molecule has 1 fully saturated rings. The number of imidazole rings is 1. The van der Waals surface area contributed by atoms with Gasteiger partial charge in [-0.2, -0.15) is 5.10 Å². The van der Waals surface area contributed by atoms with Crippen molar-refractivity contribution >= 4 is 16.9 Å². The Kier molecular flexibility index (Phi) is 5.84. The number of H-pyrrole nitrogens is 1. The van der Waals surface area contributed by atoms with Gasteiger partial charge in [0.1, 0.15) is 11.4 Å². The number of likely N-dealkylation sites (tertiary alicyclic amines) is 1. The molecular weight excluding hydrogens is 466 g/mol. The van der Waals surface area contributed by atoms with Gasteiger partial charge in [0, 0.05) is 24.7 Å². The van der Waals surface area contributed by atoms with Crippen LogP contribution >= 0.6 is 0 Å². The van der Waals surface area contributed by atoms with Crippen molar-refractivity contribution in [1.29, 1.82) is 0 Å². The molecule has 186 valence electrons. The topological polar surface area (TPSA) is 85.1 Å². The second kappa shape index (κ2) is 9.46. The zero-order chi connectivity index (χ0) is 25.4. The number of aromatic nitrogens is 4. The number of aromatic amines is 1. The molecule has 0 atom stereocenters. The molecule has 1 saturated heterocycles. The molecule has 3 aromatic carbocycles. The number of hydrogen-bond donors (Lipinski definition) is 1. The number of benzene rings is 3. The van der Waals surface area contributed by atoms with Gasteiger partial charge >= 0.3 is 5.69 Å². The van der Waals surface area contributed by atoms with Crippen LogP contribution < -0.4 is 10.4 Å². The Morgan fingerprint density at radius 1 is 0.946 bits per heavy atom. The van der Waals surface area contributed by atoms with Crippen molar-refractivity contribution in [2.75, 3.05) is 20.2 Å². The third-order valence-electron chi connectivity index (χ3n) is 7.04. The van der Waals surface area contributed by atoms with E-state index in [0.29, 0.717) is 37.3 Å². The number of ether oxygens (including phenoxy) is 1. The Morgan fingerprint density at radius 2 is 1.70 bits per heavy atom. The lowest BCUT2D eigenvalue weighted by atomic mass is 10.0. The summed E-state index contributed by atoms with van der Waals surface area (Å²) in [7, 11) is 1.63. The van der Waals surface area contributed by atoms with E-state index in [1.807, 2.05) is 94.4 Å². The van der Waals surface area contributed by atoms with Crippen LogP contribution in [0.5, 0.6) is 5.75 Å². The van der Waals surface area contributed by atoms with Gasteiger partial charge in [-0.15, -0.1) is 0 Å². The lowest BCUT2D eigenvalue weighted by Gasteiger charge is -2.32. The Hall–Kier alpha value is -4.59. The van der Waals surface area contributed by atoms with Gasteiger partial charge in [-0.25, -0.2) is 9.48 Å². The first-order chi connectivity index (χ1) is 18.1. The average molecular weight is 494 g/mol. The molecule has 1 N–H and O–H groups in total. The number of fused-ring (bicyclic) bond motifs is 1. The van der Waals surface area contributed by atoms with Gasteiger partial charge in [0.25, 0.3) is 5.91 Å². The van der Waals surface area contributed by atoms with Gasteiger partial charge in [-0.3, -0.25) is 9.36 Å². The smallest absolute Gasteiger partial charge is 0.326 e. The molecule has 0 bridgehead atoms. The Bertz CT molecular complexity index is 1620. The number of para-hydroxylation sites is 3. The van der Waals surface area contributed by atoms with E-state index in [2.05, 4.69) is 4.98 Å². The van der Waals surface area contributed by atoms with Gasteiger partial charge in [0.05, 0.1) is 29.5 Å². The van der Waals surface area contributed by atoms with Crippen molar-refractivity contribution in [3.8, 4) is 22.7 Å². The molecule has 3 heterocycles. The molecule has 5 aromatic rings. The zero-order valence-electron chi connectivity index (χ0n) is 20.5. The normalized spacial score (nSPS) is 14.2. The number of carbonyl (C=O) groups is 1. The van der Waals surface area contributed by atoms with Gasteiger partial charge in [0.15, 0.2) is 0 Å². The predicted molar refractivity (Wildman–Crippen MR) is 142 cm³/mol. The molecule has 0 spiro atoms. The minimum absolute atomic E-state index is 0.0408. The summed E-state index contributed by atoms with van der Waals surface area (Å²) >= 11 is 0. The van der Waals surface area contributed by atoms with Gasteiger partial charge < -0.3 is 14.6 Å². The van der Waals surface area contributed by atoms with E-state index in [-0.39, 0.29) is 17.6 Å². The third-order valence-corrected chi connectivity index (χ3v) is 7.04. The van der Waals surface area contributed by atoms with Gasteiger partial charge in [-0.05, 0) is 55.3 Å². The van der Waals surface area contributed by atoms with Crippen molar-refractivity contribution in [3.05, 3.63) is 101 Å². The molecule has 1 amide bonds. The highest BCUT2D eigenvalue weighted by Crippen LogP contribution is 2.29. The van der Waals surface area contributed by atoms with Crippen molar-refractivity contribution < 1.29 is 9.53 Å². The van der Waals surface area contributed by atoms with Crippen molar-refractivity contribution in [3.63, 3.8) is 0 Å². The first-order valence-electron chi connectivity index (χ1n) is 12.4. The van der Waals surface area contributed by atoms with E-state index < -0.39 is 0 Å². The van der Waals surface area contributed by atoms with Crippen LogP contribution in [0.25, 0.3) is 28.0 Å². The van der Waals surface area contributed by atoms with Crippen LogP contribution in [0.2, 0.25) is 0 Å². The van der Waals surface area contributed by atoms with E-state index in [0.717, 1.165) is 28.0 Å². The molecular formula is C29H27N5O3. The second-order valence-electron chi connectivity index (χ2n) is 9.23. The standard InChI is InChI=1S/C29H27N5O3/c1-37-23-11-7-8-20(18-23)25-19-27(34(31-25)22-9-3-2-4-10-22)28(35)32-16-14-21(15-17-32)33-26-13-6-5-12-24(26)30-29(33)36/h2-13,18-19,21H,14-17H2,1H3,(H,30,36). The molecule has 2 aromatic heterocycles. The maximum Gasteiger partial charge on any atom is 0.326 e. The SMILES string of the molecule is COc1cccc(-c2cc(C(=O)N3CCC(n4c(=O)[nH]c5ccccc54)CC3)n(-c3ccccc3)n2)c1. The highest BCUT2D eigenvalue weighted by atomic mass is 16.5. The summed E-state index contributed by atoms with van der Waals surface area (Å²) in [5.41, 5.74) is 4.54. The maximum absolute atomic E-state index is 13.8. The number of nitrogens with one attached hydrogen (secondary N) is 1. The Labute approximate surface area is 213 Å². The van der Waals surface area contributed by atoms with E-state index in [1.165, 1.54) is 0 Å². The van der Waals surface area contributed by atoms with Gasteiger partial charge in [0.2, 0.25) is 0 Å². The van der Waals surface area contributed by atoms with Gasteiger partial charge in [-0.1, -0.05) is 42.5 Å². The van der Waals surface area contributed by atoms with Crippen LogP contribution in [0.3, 0.4) is 0 Å². The molecule has 0 saturated carbocycles.